The Morgan fingerprint density at radius 1 is 1.16 bits per heavy atom. The molecule has 0 fully saturated rings. The molecule has 0 aliphatic carbocycles. The maximum atomic E-state index is 13.1. The SMILES string of the molecule is CCNC(=NCc1ncc(C(C)(C)C)o1)NCCc1coc(-c2ccc(F)cc2)n1.I. The molecule has 7 nitrogen and oxygen atoms in total. The summed E-state index contributed by atoms with van der Waals surface area (Å²) in [4.78, 5) is 13.3. The van der Waals surface area contributed by atoms with E-state index in [1.54, 1.807) is 24.6 Å². The van der Waals surface area contributed by atoms with E-state index in [0.717, 1.165) is 23.6 Å². The van der Waals surface area contributed by atoms with Crippen LogP contribution in [0.2, 0.25) is 0 Å². The molecule has 3 aromatic rings. The lowest BCUT2D eigenvalue weighted by atomic mass is 9.94. The zero-order valence-electron chi connectivity index (χ0n) is 18.2. The predicted octanol–water partition coefficient (Wildman–Crippen LogP) is 4.68. The Bertz CT molecular complexity index is 976. The summed E-state index contributed by atoms with van der Waals surface area (Å²) in [6.45, 7) is 9.97. The molecule has 0 aliphatic heterocycles. The van der Waals surface area contributed by atoms with Gasteiger partial charge in [-0.1, -0.05) is 20.8 Å². The van der Waals surface area contributed by atoms with Crippen LogP contribution < -0.4 is 10.6 Å². The van der Waals surface area contributed by atoms with E-state index in [4.69, 9.17) is 8.83 Å². The van der Waals surface area contributed by atoms with Crippen molar-refractivity contribution in [3.8, 4) is 11.5 Å². The molecule has 2 N–H and O–H groups in total. The maximum Gasteiger partial charge on any atom is 0.226 e. The molecule has 2 heterocycles. The number of nitrogens with zero attached hydrogens (tertiary/aromatic N) is 3. The van der Waals surface area contributed by atoms with E-state index in [1.807, 2.05) is 6.92 Å². The van der Waals surface area contributed by atoms with Crippen molar-refractivity contribution in [1.82, 2.24) is 20.6 Å². The molecule has 0 aliphatic rings. The van der Waals surface area contributed by atoms with Crippen LogP contribution in [-0.4, -0.2) is 29.0 Å². The molecular formula is C22H29FIN5O2. The summed E-state index contributed by atoms with van der Waals surface area (Å²) in [5.74, 6) is 2.29. The minimum atomic E-state index is -0.288. The molecule has 0 saturated carbocycles. The third kappa shape index (κ3) is 7.34. The molecule has 0 amide bonds. The molecule has 0 unspecified atom stereocenters. The number of hydrogen-bond acceptors (Lipinski definition) is 5. The second-order valence-electron chi connectivity index (χ2n) is 7.89. The predicted molar refractivity (Wildman–Crippen MR) is 129 cm³/mol. The van der Waals surface area contributed by atoms with Gasteiger partial charge >= 0.3 is 0 Å². The van der Waals surface area contributed by atoms with Crippen molar-refractivity contribution in [2.75, 3.05) is 13.1 Å². The van der Waals surface area contributed by atoms with Crippen LogP contribution in [0, 0.1) is 5.82 Å². The molecule has 2 aromatic heterocycles. The second-order valence-corrected chi connectivity index (χ2v) is 7.89. The van der Waals surface area contributed by atoms with Crippen LogP contribution in [-0.2, 0) is 18.4 Å². The van der Waals surface area contributed by atoms with E-state index in [2.05, 4.69) is 46.4 Å². The number of halogens is 2. The van der Waals surface area contributed by atoms with E-state index in [-0.39, 0.29) is 35.2 Å². The molecule has 0 radical (unpaired) electrons. The van der Waals surface area contributed by atoms with E-state index in [0.29, 0.717) is 37.3 Å². The summed E-state index contributed by atoms with van der Waals surface area (Å²) in [6.07, 6.45) is 4.03. The zero-order chi connectivity index (χ0) is 21.6. The minimum absolute atomic E-state index is 0. The molecule has 31 heavy (non-hydrogen) atoms. The minimum Gasteiger partial charge on any atom is -0.444 e. The normalized spacial score (nSPS) is 11.8. The Balaban J connectivity index is 0.00000341. The highest BCUT2D eigenvalue weighted by atomic mass is 127. The smallest absolute Gasteiger partial charge is 0.226 e. The van der Waals surface area contributed by atoms with Gasteiger partial charge in [-0.3, -0.25) is 0 Å². The van der Waals surface area contributed by atoms with Gasteiger partial charge in [-0.2, -0.15) is 0 Å². The number of rotatable bonds is 7. The number of oxazole rings is 2. The van der Waals surface area contributed by atoms with E-state index in [1.165, 1.54) is 12.1 Å². The Hall–Kier alpha value is -2.43. The number of hydrogen-bond donors (Lipinski definition) is 2. The highest BCUT2D eigenvalue weighted by Crippen LogP contribution is 2.23. The van der Waals surface area contributed by atoms with Crippen LogP contribution in [0.3, 0.4) is 0 Å². The fourth-order valence-electron chi connectivity index (χ4n) is 2.67. The highest BCUT2D eigenvalue weighted by molar-refractivity contribution is 14.0. The summed E-state index contributed by atoms with van der Waals surface area (Å²) in [5.41, 5.74) is 1.47. The molecule has 1 aromatic carbocycles. The van der Waals surface area contributed by atoms with Crippen molar-refractivity contribution >= 4 is 29.9 Å². The highest BCUT2D eigenvalue weighted by Gasteiger charge is 2.19. The molecule has 3 rings (SSSR count). The number of aliphatic imine (C=N–C) groups is 1. The first kappa shape index (κ1) is 24.8. The Labute approximate surface area is 199 Å². The monoisotopic (exact) mass is 541 g/mol. The van der Waals surface area contributed by atoms with Gasteiger partial charge in [-0.25, -0.2) is 19.4 Å². The van der Waals surface area contributed by atoms with Crippen LogP contribution >= 0.6 is 24.0 Å². The summed E-state index contributed by atoms with van der Waals surface area (Å²) >= 11 is 0. The largest absolute Gasteiger partial charge is 0.444 e. The lowest BCUT2D eigenvalue weighted by Gasteiger charge is -2.13. The topological polar surface area (TPSA) is 88.5 Å². The van der Waals surface area contributed by atoms with Gasteiger partial charge < -0.3 is 19.5 Å². The first-order chi connectivity index (χ1) is 14.3. The molecule has 0 spiro atoms. The average Bonchev–Trinajstić information content (AvgIpc) is 3.36. The van der Waals surface area contributed by atoms with Gasteiger partial charge in [0.25, 0.3) is 0 Å². The standard InChI is InChI=1S/C22H28FN5O2.HI/c1-5-24-21(27-13-19-26-12-18(30-19)22(2,3)4)25-11-10-17-14-29-20(28-17)15-6-8-16(23)9-7-15;/h6-9,12,14H,5,10-11,13H2,1-4H3,(H2,24,25,27);1H. The van der Waals surface area contributed by atoms with Crippen LogP contribution in [0.25, 0.3) is 11.5 Å². The van der Waals surface area contributed by atoms with Crippen molar-refractivity contribution in [3.63, 3.8) is 0 Å². The van der Waals surface area contributed by atoms with Crippen molar-refractivity contribution in [2.45, 2.75) is 46.1 Å². The quantitative estimate of drug-likeness (QED) is 0.257. The van der Waals surface area contributed by atoms with Crippen molar-refractivity contribution in [3.05, 3.63) is 59.9 Å². The number of aromatic nitrogens is 2. The summed E-state index contributed by atoms with van der Waals surface area (Å²) in [5, 5.41) is 6.47. The van der Waals surface area contributed by atoms with Crippen molar-refractivity contribution in [1.29, 1.82) is 0 Å². The van der Waals surface area contributed by atoms with Crippen LogP contribution in [0.5, 0.6) is 0 Å². The lowest BCUT2D eigenvalue weighted by molar-refractivity contribution is 0.383. The third-order valence-electron chi connectivity index (χ3n) is 4.33. The fraction of sp³-hybridized carbons (Fsp3) is 0.409. The number of nitrogens with one attached hydrogen (secondary N) is 2. The van der Waals surface area contributed by atoms with Gasteiger partial charge in [0.2, 0.25) is 11.8 Å². The van der Waals surface area contributed by atoms with Crippen molar-refractivity contribution < 1.29 is 13.2 Å². The van der Waals surface area contributed by atoms with Crippen LogP contribution in [0.4, 0.5) is 4.39 Å². The van der Waals surface area contributed by atoms with Gasteiger partial charge in [0, 0.05) is 30.5 Å². The summed E-state index contributed by atoms with van der Waals surface area (Å²) in [7, 11) is 0. The Kier molecular flexibility index (Phi) is 9.02. The first-order valence-electron chi connectivity index (χ1n) is 10.0. The van der Waals surface area contributed by atoms with Gasteiger partial charge in [-0.15, -0.1) is 24.0 Å². The number of guanidine groups is 1. The average molecular weight is 541 g/mol. The van der Waals surface area contributed by atoms with Crippen LogP contribution in [0.15, 0.2) is 50.6 Å². The second kappa shape index (κ2) is 11.3. The summed E-state index contributed by atoms with van der Waals surface area (Å²) in [6, 6.07) is 6.07. The number of benzene rings is 1. The molecule has 9 heteroatoms. The molecule has 0 bridgehead atoms. The Morgan fingerprint density at radius 3 is 2.55 bits per heavy atom. The maximum absolute atomic E-state index is 13.1. The lowest BCUT2D eigenvalue weighted by Crippen LogP contribution is -2.38. The van der Waals surface area contributed by atoms with Crippen LogP contribution in [0.1, 0.15) is 45.0 Å². The molecule has 168 valence electrons. The molecule has 0 saturated heterocycles. The van der Waals surface area contributed by atoms with Gasteiger partial charge in [0.05, 0.1) is 11.9 Å². The molecular weight excluding hydrogens is 512 g/mol. The van der Waals surface area contributed by atoms with Gasteiger partial charge in [0.15, 0.2) is 5.96 Å². The summed E-state index contributed by atoms with van der Waals surface area (Å²) < 4.78 is 24.3. The Morgan fingerprint density at radius 2 is 1.90 bits per heavy atom. The van der Waals surface area contributed by atoms with E-state index < -0.39 is 0 Å². The fourth-order valence-corrected chi connectivity index (χ4v) is 2.67. The van der Waals surface area contributed by atoms with Crippen molar-refractivity contribution in [2.24, 2.45) is 4.99 Å². The van der Waals surface area contributed by atoms with Gasteiger partial charge in [-0.05, 0) is 31.2 Å². The van der Waals surface area contributed by atoms with E-state index >= 15 is 0 Å². The first-order valence-corrected chi connectivity index (χ1v) is 10.0. The van der Waals surface area contributed by atoms with Gasteiger partial charge in [0.1, 0.15) is 24.4 Å². The third-order valence-corrected chi connectivity index (χ3v) is 4.33. The van der Waals surface area contributed by atoms with E-state index in [9.17, 15) is 4.39 Å². The molecule has 0 atom stereocenters. The zero-order valence-corrected chi connectivity index (χ0v) is 20.6.